The van der Waals surface area contributed by atoms with E-state index in [1.807, 2.05) is 24.7 Å². The van der Waals surface area contributed by atoms with Gasteiger partial charge in [-0.25, -0.2) is 4.98 Å². The number of Topliss-reactive ketones (excluding diaryl/α,β-unsaturated/α-hetero) is 1. The largest absolute Gasteiger partial charge is 0.350 e. The van der Waals surface area contributed by atoms with Crippen molar-refractivity contribution in [3.05, 3.63) is 28.8 Å². The summed E-state index contributed by atoms with van der Waals surface area (Å²) in [6.07, 6.45) is 2.59. The smallest absolute Gasteiger partial charge is 0.176 e. The van der Waals surface area contributed by atoms with Crippen molar-refractivity contribution in [1.82, 2.24) is 14.5 Å². The van der Waals surface area contributed by atoms with Crippen LogP contribution in [0.1, 0.15) is 39.2 Å². The molecule has 2 aromatic heterocycles. The zero-order valence-electron chi connectivity index (χ0n) is 10.9. The molecule has 2 aromatic rings. The molecule has 0 radical (unpaired) electrons. The summed E-state index contributed by atoms with van der Waals surface area (Å²) in [4.78, 5) is 30.0. The van der Waals surface area contributed by atoms with Crippen LogP contribution in [0.5, 0.6) is 0 Å². The molecule has 0 aliphatic carbocycles. The van der Waals surface area contributed by atoms with E-state index in [1.165, 1.54) is 6.92 Å². The second kappa shape index (κ2) is 4.25. The lowest BCUT2D eigenvalue weighted by atomic mass is 10.1. The van der Waals surface area contributed by atoms with Crippen molar-refractivity contribution in [2.24, 2.45) is 7.05 Å². The van der Waals surface area contributed by atoms with Crippen molar-refractivity contribution in [2.45, 2.75) is 20.8 Å². The predicted molar refractivity (Wildman–Crippen MR) is 67.9 cm³/mol. The zero-order chi connectivity index (χ0) is 13.4. The minimum atomic E-state index is -0.0884. The highest BCUT2D eigenvalue weighted by atomic mass is 16.1. The summed E-state index contributed by atoms with van der Waals surface area (Å²) in [5, 5.41) is 0. The van der Waals surface area contributed by atoms with Crippen molar-refractivity contribution in [1.29, 1.82) is 0 Å². The lowest BCUT2D eigenvalue weighted by Crippen LogP contribution is -1.94. The van der Waals surface area contributed by atoms with E-state index >= 15 is 0 Å². The van der Waals surface area contributed by atoms with Gasteiger partial charge in [0.2, 0.25) is 0 Å². The summed E-state index contributed by atoms with van der Waals surface area (Å²) in [6.45, 7) is 5.11. The van der Waals surface area contributed by atoms with E-state index in [0.29, 0.717) is 28.2 Å². The number of aromatic nitrogens is 3. The Kier molecular flexibility index (Phi) is 2.90. The number of imidazole rings is 1. The fraction of sp³-hybridized carbons (Fsp3) is 0.308. The molecule has 0 unspecified atom stereocenters. The second-order valence-electron chi connectivity index (χ2n) is 4.37. The van der Waals surface area contributed by atoms with E-state index in [9.17, 15) is 9.59 Å². The van der Waals surface area contributed by atoms with Gasteiger partial charge in [-0.15, -0.1) is 0 Å². The average molecular weight is 245 g/mol. The van der Waals surface area contributed by atoms with Crippen LogP contribution in [0.15, 0.2) is 6.20 Å². The molecule has 0 saturated heterocycles. The van der Waals surface area contributed by atoms with Crippen LogP contribution in [0.25, 0.3) is 11.4 Å². The van der Waals surface area contributed by atoms with Gasteiger partial charge in [-0.3, -0.25) is 9.59 Å². The number of H-pyrrole nitrogens is 1. The van der Waals surface area contributed by atoms with E-state index in [1.54, 1.807) is 6.92 Å². The zero-order valence-corrected chi connectivity index (χ0v) is 10.9. The van der Waals surface area contributed by atoms with Crippen LogP contribution in [0.2, 0.25) is 0 Å². The third kappa shape index (κ3) is 1.77. The highest BCUT2D eigenvalue weighted by Crippen LogP contribution is 2.26. The van der Waals surface area contributed by atoms with Crippen LogP contribution in [0.4, 0.5) is 0 Å². The van der Waals surface area contributed by atoms with Crippen LogP contribution >= 0.6 is 0 Å². The van der Waals surface area contributed by atoms with Crippen molar-refractivity contribution < 1.29 is 9.59 Å². The number of aryl methyl sites for hydroxylation is 2. The van der Waals surface area contributed by atoms with Crippen molar-refractivity contribution in [3.8, 4) is 11.4 Å². The van der Waals surface area contributed by atoms with Gasteiger partial charge in [-0.2, -0.15) is 0 Å². The molecule has 0 aliphatic heterocycles. The van der Waals surface area contributed by atoms with Gasteiger partial charge in [-0.1, -0.05) is 0 Å². The molecule has 2 rings (SSSR count). The Morgan fingerprint density at radius 3 is 2.56 bits per heavy atom. The maximum absolute atomic E-state index is 11.5. The molecule has 0 aromatic carbocycles. The van der Waals surface area contributed by atoms with E-state index in [2.05, 4.69) is 9.97 Å². The van der Waals surface area contributed by atoms with Crippen LogP contribution < -0.4 is 0 Å². The fourth-order valence-corrected chi connectivity index (χ4v) is 1.99. The number of hydrogen-bond acceptors (Lipinski definition) is 3. The normalized spacial score (nSPS) is 10.7. The van der Waals surface area contributed by atoms with E-state index in [-0.39, 0.29) is 5.78 Å². The van der Waals surface area contributed by atoms with Crippen LogP contribution in [-0.4, -0.2) is 26.6 Å². The van der Waals surface area contributed by atoms with Gasteiger partial charge in [0, 0.05) is 25.7 Å². The summed E-state index contributed by atoms with van der Waals surface area (Å²) < 4.78 is 1.87. The molecular formula is C13H15N3O2. The highest BCUT2D eigenvalue weighted by Gasteiger charge is 2.19. The number of nitrogens with one attached hydrogen (secondary N) is 1. The SMILES string of the molecule is CC(=O)c1[nH]c(-c2cn(C)c(C)n2)c(C=O)c1C. The lowest BCUT2D eigenvalue weighted by molar-refractivity contribution is 0.101. The minimum absolute atomic E-state index is 0.0884. The second-order valence-corrected chi connectivity index (χ2v) is 4.37. The first-order chi connectivity index (χ1) is 8.45. The Morgan fingerprint density at radius 2 is 2.11 bits per heavy atom. The molecule has 5 heteroatoms. The molecule has 18 heavy (non-hydrogen) atoms. The number of rotatable bonds is 3. The quantitative estimate of drug-likeness (QED) is 0.664. The van der Waals surface area contributed by atoms with Crippen LogP contribution in [0.3, 0.4) is 0 Å². The molecular weight excluding hydrogens is 230 g/mol. The van der Waals surface area contributed by atoms with E-state index < -0.39 is 0 Å². The molecule has 0 spiro atoms. The maximum atomic E-state index is 11.5. The Labute approximate surface area is 105 Å². The fourth-order valence-electron chi connectivity index (χ4n) is 1.99. The number of aldehydes is 1. The summed E-state index contributed by atoms with van der Waals surface area (Å²) in [5.41, 5.74) is 2.92. The molecule has 0 saturated carbocycles. The summed E-state index contributed by atoms with van der Waals surface area (Å²) >= 11 is 0. The molecule has 0 amide bonds. The number of hydrogen-bond donors (Lipinski definition) is 1. The van der Waals surface area contributed by atoms with Gasteiger partial charge in [0.15, 0.2) is 12.1 Å². The number of carbonyl (C=O) groups excluding carboxylic acids is 2. The third-order valence-electron chi connectivity index (χ3n) is 3.13. The monoisotopic (exact) mass is 245 g/mol. The van der Waals surface area contributed by atoms with Crippen molar-refractivity contribution >= 4 is 12.1 Å². The first kappa shape index (κ1) is 12.3. The average Bonchev–Trinajstić information content (AvgIpc) is 2.80. The standard InChI is InChI=1S/C13H15N3O2/c1-7-10(6-17)13(15-12(7)8(2)18)11-5-16(4)9(3)14-11/h5-6,15H,1-4H3. The molecule has 5 nitrogen and oxygen atoms in total. The highest BCUT2D eigenvalue weighted by molar-refractivity contribution is 5.99. The first-order valence-corrected chi connectivity index (χ1v) is 5.64. The van der Waals surface area contributed by atoms with Crippen LogP contribution in [-0.2, 0) is 7.05 Å². The minimum Gasteiger partial charge on any atom is -0.350 e. The van der Waals surface area contributed by atoms with Gasteiger partial charge in [0.25, 0.3) is 0 Å². The van der Waals surface area contributed by atoms with Gasteiger partial charge < -0.3 is 9.55 Å². The first-order valence-electron chi connectivity index (χ1n) is 5.64. The number of nitrogens with zero attached hydrogens (tertiary/aromatic N) is 2. The summed E-state index contributed by atoms with van der Waals surface area (Å²) in [6, 6.07) is 0. The molecule has 0 bridgehead atoms. The molecule has 2 heterocycles. The maximum Gasteiger partial charge on any atom is 0.176 e. The van der Waals surface area contributed by atoms with Crippen molar-refractivity contribution in [2.75, 3.05) is 0 Å². The topological polar surface area (TPSA) is 67.8 Å². The Balaban J connectivity index is 2.67. The Hall–Kier alpha value is -2.17. The van der Waals surface area contributed by atoms with Gasteiger partial charge in [0.1, 0.15) is 11.5 Å². The predicted octanol–water partition coefficient (Wildman–Crippen LogP) is 2.05. The van der Waals surface area contributed by atoms with E-state index in [4.69, 9.17) is 0 Å². The number of aromatic amines is 1. The van der Waals surface area contributed by atoms with Crippen LogP contribution in [0, 0.1) is 13.8 Å². The summed E-state index contributed by atoms with van der Waals surface area (Å²) in [7, 11) is 1.88. The van der Waals surface area contributed by atoms with E-state index in [0.717, 1.165) is 12.1 Å². The molecule has 1 N–H and O–H groups in total. The third-order valence-corrected chi connectivity index (χ3v) is 3.13. The molecule has 94 valence electrons. The Bertz CT molecular complexity index is 615. The number of carbonyl (C=O) groups is 2. The molecule has 0 fully saturated rings. The lowest BCUT2D eigenvalue weighted by Gasteiger charge is -1.93. The molecule has 0 atom stereocenters. The van der Waals surface area contributed by atoms with Gasteiger partial charge in [-0.05, 0) is 19.4 Å². The summed E-state index contributed by atoms with van der Waals surface area (Å²) in [5.74, 6) is 0.757. The number of ketones is 1. The van der Waals surface area contributed by atoms with Gasteiger partial charge >= 0.3 is 0 Å². The van der Waals surface area contributed by atoms with Gasteiger partial charge in [0.05, 0.1) is 11.4 Å². The Morgan fingerprint density at radius 1 is 1.44 bits per heavy atom. The van der Waals surface area contributed by atoms with Crippen molar-refractivity contribution in [3.63, 3.8) is 0 Å². The molecule has 0 aliphatic rings.